The minimum atomic E-state index is -0.569. The van der Waals surface area contributed by atoms with Gasteiger partial charge in [0.05, 0.1) is 11.3 Å². The van der Waals surface area contributed by atoms with Crippen LogP contribution in [-0.2, 0) is 4.79 Å². The summed E-state index contributed by atoms with van der Waals surface area (Å²) in [5, 5.41) is 2.76. The molecular weight excluding hydrogens is 292 g/mol. The highest BCUT2D eigenvalue weighted by atomic mass is 16.2. The molecule has 6 nitrogen and oxygen atoms in total. The lowest BCUT2D eigenvalue weighted by molar-refractivity contribution is -0.117. The fourth-order valence-corrected chi connectivity index (χ4v) is 2.66. The van der Waals surface area contributed by atoms with Crippen molar-refractivity contribution in [3.8, 4) is 0 Å². The van der Waals surface area contributed by atoms with Crippen LogP contribution in [0.1, 0.15) is 28.4 Å². The van der Waals surface area contributed by atoms with Gasteiger partial charge in [-0.25, -0.2) is 10.9 Å². The minimum absolute atomic E-state index is 0.0679. The third-order valence-corrected chi connectivity index (χ3v) is 3.87. The zero-order chi connectivity index (χ0) is 16.2. The molecule has 0 spiro atoms. The minimum Gasteiger partial charge on any atom is -0.366 e. The Bertz CT molecular complexity index is 718. The standard InChI is InChI=1S/C17H18N4O2/c18-16(22)12-8-4-5-9-13(12)19-17(23)15-10-14(20-21-15)11-6-2-1-3-7-11/h1-9,14-15,20-21H,10H2,(H2,18,22)(H,19,23). The molecule has 2 amide bonds. The highest BCUT2D eigenvalue weighted by molar-refractivity contribution is 6.04. The molecule has 1 fully saturated rings. The summed E-state index contributed by atoms with van der Waals surface area (Å²) in [5.41, 5.74) is 13.3. The van der Waals surface area contributed by atoms with Crippen molar-refractivity contribution in [3.63, 3.8) is 0 Å². The number of hydrazine groups is 1. The second-order valence-electron chi connectivity index (χ2n) is 5.44. The van der Waals surface area contributed by atoms with Crippen molar-refractivity contribution in [2.45, 2.75) is 18.5 Å². The van der Waals surface area contributed by atoms with Crippen LogP contribution in [0.15, 0.2) is 54.6 Å². The summed E-state index contributed by atoms with van der Waals surface area (Å²) in [7, 11) is 0. The number of hydrogen-bond acceptors (Lipinski definition) is 4. The molecule has 3 rings (SSSR count). The van der Waals surface area contributed by atoms with Crippen LogP contribution in [0.5, 0.6) is 0 Å². The topological polar surface area (TPSA) is 96.2 Å². The number of nitrogens with one attached hydrogen (secondary N) is 3. The first-order valence-electron chi connectivity index (χ1n) is 7.41. The first-order chi connectivity index (χ1) is 11.1. The van der Waals surface area contributed by atoms with E-state index in [9.17, 15) is 9.59 Å². The normalized spacial score (nSPS) is 20.2. The van der Waals surface area contributed by atoms with E-state index in [-0.39, 0.29) is 18.0 Å². The van der Waals surface area contributed by atoms with E-state index in [1.165, 1.54) is 0 Å². The molecule has 0 saturated carbocycles. The molecule has 2 aromatic rings. The maximum Gasteiger partial charge on any atom is 0.250 e. The molecule has 118 valence electrons. The molecule has 2 atom stereocenters. The van der Waals surface area contributed by atoms with Crippen LogP contribution >= 0.6 is 0 Å². The Labute approximate surface area is 134 Å². The molecular formula is C17H18N4O2. The summed E-state index contributed by atoms with van der Waals surface area (Å²) < 4.78 is 0. The molecule has 0 bridgehead atoms. The van der Waals surface area contributed by atoms with Gasteiger partial charge in [-0.05, 0) is 24.1 Å². The van der Waals surface area contributed by atoms with Gasteiger partial charge in [0, 0.05) is 6.04 Å². The van der Waals surface area contributed by atoms with Gasteiger partial charge in [-0.2, -0.15) is 0 Å². The molecule has 23 heavy (non-hydrogen) atoms. The smallest absolute Gasteiger partial charge is 0.250 e. The fraction of sp³-hybridized carbons (Fsp3) is 0.176. The van der Waals surface area contributed by atoms with Gasteiger partial charge in [0.15, 0.2) is 0 Å². The van der Waals surface area contributed by atoms with Crippen molar-refractivity contribution in [2.75, 3.05) is 5.32 Å². The van der Waals surface area contributed by atoms with E-state index in [0.29, 0.717) is 17.7 Å². The van der Waals surface area contributed by atoms with E-state index in [1.807, 2.05) is 30.3 Å². The third kappa shape index (κ3) is 3.39. The van der Waals surface area contributed by atoms with E-state index in [1.54, 1.807) is 24.3 Å². The average Bonchev–Trinajstić information content (AvgIpc) is 3.06. The number of primary amides is 1. The largest absolute Gasteiger partial charge is 0.366 e. The number of hydrogen-bond donors (Lipinski definition) is 4. The van der Waals surface area contributed by atoms with Crippen LogP contribution in [0.25, 0.3) is 0 Å². The van der Waals surface area contributed by atoms with Gasteiger partial charge in [0.2, 0.25) is 5.91 Å². The van der Waals surface area contributed by atoms with Crippen LogP contribution in [0.2, 0.25) is 0 Å². The predicted molar refractivity (Wildman–Crippen MR) is 87.4 cm³/mol. The second kappa shape index (κ2) is 6.60. The third-order valence-electron chi connectivity index (χ3n) is 3.87. The maximum absolute atomic E-state index is 12.4. The molecule has 1 heterocycles. The lowest BCUT2D eigenvalue weighted by Crippen LogP contribution is -2.39. The van der Waals surface area contributed by atoms with Gasteiger partial charge < -0.3 is 11.1 Å². The lowest BCUT2D eigenvalue weighted by atomic mass is 10.0. The molecule has 6 heteroatoms. The van der Waals surface area contributed by atoms with Crippen LogP contribution in [0.3, 0.4) is 0 Å². The summed E-state index contributed by atoms with van der Waals surface area (Å²) in [6.07, 6.45) is 0.620. The SMILES string of the molecule is NC(=O)c1ccccc1NC(=O)C1CC(c2ccccc2)NN1. The zero-order valence-electron chi connectivity index (χ0n) is 12.5. The molecule has 5 N–H and O–H groups in total. The molecule has 0 aromatic heterocycles. The van der Waals surface area contributed by atoms with Gasteiger partial charge in [-0.15, -0.1) is 0 Å². The van der Waals surface area contributed by atoms with Crippen LogP contribution in [0.4, 0.5) is 5.69 Å². The fourth-order valence-electron chi connectivity index (χ4n) is 2.66. The maximum atomic E-state index is 12.4. The van der Waals surface area contributed by atoms with Crippen molar-refractivity contribution >= 4 is 17.5 Å². The van der Waals surface area contributed by atoms with Crippen LogP contribution < -0.4 is 21.9 Å². The van der Waals surface area contributed by atoms with Crippen molar-refractivity contribution in [3.05, 3.63) is 65.7 Å². The number of benzene rings is 2. The van der Waals surface area contributed by atoms with E-state index >= 15 is 0 Å². The predicted octanol–water partition coefficient (Wildman–Crippen LogP) is 1.33. The number of anilines is 1. The van der Waals surface area contributed by atoms with Crippen LogP contribution in [0, 0.1) is 0 Å². The van der Waals surface area contributed by atoms with Gasteiger partial charge in [-0.3, -0.25) is 9.59 Å². The van der Waals surface area contributed by atoms with E-state index in [4.69, 9.17) is 5.73 Å². The summed E-state index contributed by atoms with van der Waals surface area (Å²) in [4.78, 5) is 23.8. The molecule has 1 saturated heterocycles. The molecule has 1 aliphatic rings. The quantitative estimate of drug-likeness (QED) is 0.685. The van der Waals surface area contributed by atoms with Gasteiger partial charge >= 0.3 is 0 Å². The number of carbonyl (C=O) groups excluding carboxylic acids is 2. The number of rotatable bonds is 4. The number of amides is 2. The number of nitrogens with two attached hydrogens (primary N) is 1. The van der Waals surface area contributed by atoms with Crippen molar-refractivity contribution in [1.29, 1.82) is 0 Å². The Hall–Kier alpha value is -2.70. The molecule has 2 aromatic carbocycles. The summed E-state index contributed by atoms with van der Waals surface area (Å²) >= 11 is 0. The van der Waals surface area contributed by atoms with E-state index in [0.717, 1.165) is 5.56 Å². The zero-order valence-corrected chi connectivity index (χ0v) is 12.5. The van der Waals surface area contributed by atoms with E-state index in [2.05, 4.69) is 16.2 Å². The Kier molecular flexibility index (Phi) is 4.36. The second-order valence-corrected chi connectivity index (χ2v) is 5.44. The molecule has 0 aliphatic carbocycles. The summed E-state index contributed by atoms with van der Waals surface area (Å²) in [5.74, 6) is -0.773. The first-order valence-corrected chi connectivity index (χ1v) is 7.41. The average molecular weight is 310 g/mol. The van der Waals surface area contributed by atoms with Crippen LogP contribution in [-0.4, -0.2) is 17.9 Å². The Morgan fingerprint density at radius 1 is 1.00 bits per heavy atom. The van der Waals surface area contributed by atoms with Crippen molar-refractivity contribution in [1.82, 2.24) is 10.9 Å². The Morgan fingerprint density at radius 3 is 2.43 bits per heavy atom. The summed E-state index contributed by atoms with van der Waals surface area (Å²) in [6.45, 7) is 0. The van der Waals surface area contributed by atoms with Crippen molar-refractivity contribution < 1.29 is 9.59 Å². The lowest BCUT2D eigenvalue weighted by Gasteiger charge is -2.12. The molecule has 1 aliphatic heterocycles. The number of carbonyl (C=O) groups is 2. The monoisotopic (exact) mass is 310 g/mol. The Morgan fingerprint density at radius 2 is 1.70 bits per heavy atom. The van der Waals surface area contributed by atoms with Crippen molar-refractivity contribution in [2.24, 2.45) is 5.73 Å². The van der Waals surface area contributed by atoms with Gasteiger partial charge in [0.25, 0.3) is 5.91 Å². The molecule has 2 unspecified atom stereocenters. The highest BCUT2D eigenvalue weighted by Gasteiger charge is 2.30. The number of para-hydroxylation sites is 1. The van der Waals surface area contributed by atoms with E-state index < -0.39 is 5.91 Å². The van der Waals surface area contributed by atoms with Gasteiger partial charge in [0.1, 0.15) is 6.04 Å². The highest BCUT2D eigenvalue weighted by Crippen LogP contribution is 2.23. The summed E-state index contributed by atoms with van der Waals surface area (Å²) in [6, 6.07) is 16.3. The van der Waals surface area contributed by atoms with Gasteiger partial charge in [-0.1, -0.05) is 42.5 Å². The molecule has 0 radical (unpaired) electrons. The first kappa shape index (κ1) is 15.2. The Balaban J connectivity index is 1.67.